The molecule has 0 radical (unpaired) electrons. The number of carbonyl (C=O) groups excluding carboxylic acids is 1. The first-order chi connectivity index (χ1) is 7.95. The molecule has 3 nitrogen and oxygen atoms in total. The highest BCUT2D eigenvalue weighted by molar-refractivity contribution is 7.81. The van der Waals surface area contributed by atoms with Crippen LogP contribution in [-0.4, -0.2) is 18.3 Å². The third kappa shape index (κ3) is 3.63. The largest absolute Gasteiger partial charge is 0.494 e. The van der Waals surface area contributed by atoms with Crippen molar-refractivity contribution in [2.45, 2.75) is 19.1 Å². The topological polar surface area (TPSA) is 38.3 Å². The minimum Gasteiger partial charge on any atom is -0.494 e. The van der Waals surface area contributed by atoms with Crippen LogP contribution in [0.4, 0.5) is 10.1 Å². The quantitative estimate of drug-likeness (QED) is 0.814. The lowest BCUT2D eigenvalue weighted by Gasteiger charge is -2.16. The molecular weight excluding hydrogens is 241 g/mol. The Morgan fingerprint density at radius 3 is 2.65 bits per heavy atom. The molecule has 0 aliphatic heterocycles. The Morgan fingerprint density at radius 1 is 1.47 bits per heavy atom. The summed E-state index contributed by atoms with van der Waals surface area (Å²) in [5.41, 5.74) is 0.443. The zero-order valence-corrected chi connectivity index (χ0v) is 10.9. The second-order valence-corrected chi connectivity index (χ2v) is 4.58. The van der Waals surface area contributed by atoms with Gasteiger partial charge in [0.2, 0.25) is 5.91 Å². The van der Waals surface area contributed by atoms with Crippen LogP contribution in [-0.2, 0) is 4.79 Å². The van der Waals surface area contributed by atoms with Crippen LogP contribution in [0, 0.1) is 11.7 Å². The predicted molar refractivity (Wildman–Crippen MR) is 69.2 cm³/mol. The maximum absolute atomic E-state index is 13.0. The van der Waals surface area contributed by atoms with Crippen molar-refractivity contribution in [2.24, 2.45) is 5.92 Å². The van der Waals surface area contributed by atoms with Gasteiger partial charge in [-0.2, -0.15) is 12.6 Å². The fourth-order valence-electron chi connectivity index (χ4n) is 1.28. The molecule has 17 heavy (non-hydrogen) atoms. The van der Waals surface area contributed by atoms with E-state index in [0.717, 1.165) is 0 Å². The molecule has 1 aromatic carbocycles. The second-order valence-electron chi connectivity index (χ2n) is 4.02. The van der Waals surface area contributed by atoms with E-state index in [1.54, 1.807) is 0 Å². The number of nitrogens with one attached hydrogen (secondary N) is 1. The number of ether oxygens (including phenoxy) is 1. The van der Waals surface area contributed by atoms with Crippen LogP contribution in [0.3, 0.4) is 0 Å². The number of thiol groups is 1. The van der Waals surface area contributed by atoms with Crippen molar-refractivity contribution in [3.8, 4) is 5.75 Å². The summed E-state index contributed by atoms with van der Waals surface area (Å²) in [5, 5.41) is 2.25. The molecule has 0 spiro atoms. The summed E-state index contributed by atoms with van der Waals surface area (Å²) in [5.74, 6) is -0.230. The van der Waals surface area contributed by atoms with Gasteiger partial charge < -0.3 is 10.1 Å². The summed E-state index contributed by atoms with van der Waals surface area (Å²) in [6.07, 6.45) is 0. The Kier molecular flexibility index (Phi) is 4.81. The van der Waals surface area contributed by atoms with Crippen molar-refractivity contribution in [2.75, 3.05) is 12.4 Å². The maximum Gasteiger partial charge on any atom is 0.237 e. The molecule has 0 fully saturated rings. The highest BCUT2D eigenvalue weighted by Crippen LogP contribution is 2.25. The molecule has 1 rings (SSSR count). The van der Waals surface area contributed by atoms with Gasteiger partial charge in [0, 0.05) is 6.07 Å². The molecular formula is C12H16FNO2S. The van der Waals surface area contributed by atoms with Gasteiger partial charge in [0.25, 0.3) is 0 Å². The van der Waals surface area contributed by atoms with E-state index in [2.05, 4.69) is 17.9 Å². The van der Waals surface area contributed by atoms with Gasteiger partial charge in [-0.05, 0) is 18.1 Å². The highest BCUT2D eigenvalue weighted by Gasteiger charge is 2.19. The number of halogens is 1. The third-order valence-corrected chi connectivity index (χ3v) is 3.15. The molecule has 1 aromatic rings. The normalized spacial score (nSPS) is 12.4. The van der Waals surface area contributed by atoms with Crippen LogP contribution in [0.2, 0.25) is 0 Å². The van der Waals surface area contributed by atoms with Crippen molar-refractivity contribution >= 4 is 24.2 Å². The number of carbonyl (C=O) groups is 1. The van der Waals surface area contributed by atoms with Crippen LogP contribution in [0.15, 0.2) is 18.2 Å². The molecule has 1 N–H and O–H groups in total. The third-order valence-electron chi connectivity index (χ3n) is 2.32. The van der Waals surface area contributed by atoms with Gasteiger partial charge in [-0.25, -0.2) is 4.39 Å². The first-order valence-electron chi connectivity index (χ1n) is 5.28. The monoisotopic (exact) mass is 257 g/mol. The van der Waals surface area contributed by atoms with Crippen LogP contribution >= 0.6 is 12.6 Å². The van der Waals surface area contributed by atoms with Gasteiger partial charge >= 0.3 is 0 Å². The van der Waals surface area contributed by atoms with E-state index in [4.69, 9.17) is 4.74 Å². The standard InChI is InChI=1S/C12H16FNO2S/c1-7(2)11(17)12(15)14-9-5-4-8(13)6-10(9)16-3/h4-7,11,17H,1-3H3,(H,14,15). The minimum atomic E-state index is -0.412. The van der Waals surface area contributed by atoms with E-state index in [-0.39, 0.29) is 11.8 Å². The molecule has 1 amide bonds. The Hall–Kier alpha value is -1.23. The van der Waals surface area contributed by atoms with Crippen LogP contribution in [0.1, 0.15) is 13.8 Å². The molecule has 94 valence electrons. The van der Waals surface area contributed by atoms with Gasteiger partial charge in [0.15, 0.2) is 0 Å². The minimum absolute atomic E-state index is 0.116. The average molecular weight is 257 g/mol. The average Bonchev–Trinajstić information content (AvgIpc) is 2.30. The van der Waals surface area contributed by atoms with Crippen molar-refractivity contribution < 1.29 is 13.9 Å². The lowest BCUT2D eigenvalue weighted by Crippen LogP contribution is -2.27. The molecule has 0 saturated carbocycles. The van der Waals surface area contributed by atoms with E-state index >= 15 is 0 Å². The molecule has 0 aliphatic carbocycles. The van der Waals surface area contributed by atoms with Crippen LogP contribution in [0.5, 0.6) is 5.75 Å². The van der Waals surface area contributed by atoms with Crippen molar-refractivity contribution in [1.29, 1.82) is 0 Å². The number of benzene rings is 1. The number of rotatable bonds is 4. The Balaban J connectivity index is 2.84. The van der Waals surface area contributed by atoms with E-state index in [1.165, 1.54) is 25.3 Å². The van der Waals surface area contributed by atoms with Gasteiger partial charge in [0.05, 0.1) is 18.0 Å². The zero-order valence-electron chi connectivity index (χ0n) is 10.0. The number of hydrogen-bond donors (Lipinski definition) is 2. The smallest absolute Gasteiger partial charge is 0.237 e. The Morgan fingerprint density at radius 2 is 2.12 bits per heavy atom. The molecule has 5 heteroatoms. The lowest BCUT2D eigenvalue weighted by atomic mass is 10.1. The maximum atomic E-state index is 13.0. The number of methoxy groups -OCH3 is 1. The molecule has 0 heterocycles. The fraction of sp³-hybridized carbons (Fsp3) is 0.417. The summed E-state index contributed by atoms with van der Waals surface area (Å²) in [7, 11) is 1.42. The predicted octanol–water partition coefficient (Wildman–Crippen LogP) is 2.73. The van der Waals surface area contributed by atoms with E-state index in [1.807, 2.05) is 13.8 Å². The SMILES string of the molecule is COc1cc(F)ccc1NC(=O)C(S)C(C)C. The fourth-order valence-corrected chi connectivity index (χ4v) is 1.34. The number of amides is 1. The molecule has 1 atom stereocenters. The van der Waals surface area contributed by atoms with E-state index in [0.29, 0.717) is 11.4 Å². The van der Waals surface area contributed by atoms with Gasteiger partial charge in [-0.15, -0.1) is 0 Å². The Labute approximate surface area is 106 Å². The van der Waals surface area contributed by atoms with Crippen LogP contribution in [0.25, 0.3) is 0 Å². The van der Waals surface area contributed by atoms with Gasteiger partial charge in [0.1, 0.15) is 11.6 Å². The molecule has 0 saturated heterocycles. The number of hydrogen-bond acceptors (Lipinski definition) is 3. The first-order valence-corrected chi connectivity index (χ1v) is 5.79. The van der Waals surface area contributed by atoms with Gasteiger partial charge in [-0.3, -0.25) is 4.79 Å². The summed E-state index contributed by atoms with van der Waals surface area (Å²) < 4.78 is 17.9. The lowest BCUT2D eigenvalue weighted by molar-refractivity contribution is -0.116. The number of anilines is 1. The summed E-state index contributed by atoms with van der Waals surface area (Å²) in [6.45, 7) is 3.80. The molecule has 1 unspecified atom stereocenters. The molecule has 0 aromatic heterocycles. The summed E-state index contributed by atoms with van der Waals surface area (Å²) >= 11 is 4.21. The van der Waals surface area contributed by atoms with E-state index in [9.17, 15) is 9.18 Å². The summed E-state index contributed by atoms with van der Waals surface area (Å²) in [4.78, 5) is 11.8. The van der Waals surface area contributed by atoms with Crippen molar-refractivity contribution in [3.05, 3.63) is 24.0 Å². The summed E-state index contributed by atoms with van der Waals surface area (Å²) in [6, 6.07) is 3.95. The second kappa shape index (κ2) is 5.91. The molecule has 0 bridgehead atoms. The highest BCUT2D eigenvalue weighted by atomic mass is 32.1. The molecule has 0 aliphatic rings. The van der Waals surface area contributed by atoms with E-state index < -0.39 is 11.1 Å². The van der Waals surface area contributed by atoms with Gasteiger partial charge in [-0.1, -0.05) is 13.8 Å². The van der Waals surface area contributed by atoms with Crippen molar-refractivity contribution in [3.63, 3.8) is 0 Å². The first kappa shape index (κ1) is 13.8. The Bertz CT molecular complexity index is 409. The zero-order chi connectivity index (χ0) is 13.0. The van der Waals surface area contributed by atoms with Crippen LogP contribution < -0.4 is 10.1 Å². The van der Waals surface area contributed by atoms with Crippen molar-refractivity contribution in [1.82, 2.24) is 0 Å².